The molecule has 3 N–H and O–H groups in total. The van der Waals surface area contributed by atoms with E-state index in [-0.39, 0.29) is 12.6 Å². The second kappa shape index (κ2) is 8.72. The molecule has 2 aromatic rings. The Morgan fingerprint density at radius 1 is 1.32 bits per heavy atom. The zero-order valence-corrected chi connectivity index (χ0v) is 20.0. The predicted molar refractivity (Wildman–Crippen MR) is 124 cm³/mol. The van der Waals surface area contributed by atoms with Crippen LogP contribution in [0.4, 0.5) is 5.82 Å². The van der Waals surface area contributed by atoms with E-state index in [4.69, 9.17) is 5.11 Å². The average Bonchev–Trinajstić information content (AvgIpc) is 3.23. The number of fused-ring (bicyclic) bond motifs is 1. The third kappa shape index (κ3) is 3.94. The molecule has 2 aliphatic heterocycles. The van der Waals surface area contributed by atoms with E-state index in [9.17, 15) is 18.3 Å². The summed E-state index contributed by atoms with van der Waals surface area (Å²) in [6.45, 7) is 1.38. The van der Waals surface area contributed by atoms with Crippen molar-refractivity contribution in [3.8, 4) is 0 Å². The minimum absolute atomic E-state index is 0.151. The first-order chi connectivity index (χ1) is 16.3. The highest BCUT2D eigenvalue weighted by Crippen LogP contribution is 2.47. The van der Waals surface area contributed by atoms with Crippen molar-refractivity contribution in [1.29, 1.82) is 0 Å². The Balaban J connectivity index is 1.30. The number of aromatic nitrogens is 3. The number of likely N-dealkylation sites (N-methyl/N-ethyl adjacent to an activating group) is 1. The highest BCUT2D eigenvalue weighted by Gasteiger charge is 2.57. The van der Waals surface area contributed by atoms with Crippen molar-refractivity contribution in [2.75, 3.05) is 51.3 Å². The van der Waals surface area contributed by atoms with Gasteiger partial charge in [0.05, 0.1) is 17.5 Å². The van der Waals surface area contributed by atoms with Crippen LogP contribution in [0.1, 0.15) is 25.7 Å². The number of likely N-dealkylation sites (tertiary alicyclic amines) is 1. The van der Waals surface area contributed by atoms with Crippen LogP contribution in [0.25, 0.3) is 11.0 Å². The quantitative estimate of drug-likeness (QED) is 0.451. The van der Waals surface area contributed by atoms with Crippen molar-refractivity contribution in [1.82, 2.24) is 28.5 Å². The summed E-state index contributed by atoms with van der Waals surface area (Å²) in [5, 5.41) is 19.8. The molecule has 3 aliphatic rings. The molecule has 0 radical (unpaired) electrons. The van der Waals surface area contributed by atoms with Gasteiger partial charge in [0.1, 0.15) is 17.8 Å². The number of rotatable bonds is 7. The lowest BCUT2D eigenvalue weighted by molar-refractivity contribution is -0.143. The molecule has 1 unspecified atom stereocenters. The molecule has 0 bridgehead atoms. The van der Waals surface area contributed by atoms with Gasteiger partial charge in [0.15, 0.2) is 6.10 Å². The molecule has 1 spiro atoms. The molecular weight excluding hydrogens is 462 g/mol. The number of aliphatic hydroxyl groups excluding tert-OH is 2. The summed E-state index contributed by atoms with van der Waals surface area (Å²) in [7, 11) is -2.21. The molecule has 4 heterocycles. The number of aromatic amines is 1. The van der Waals surface area contributed by atoms with Gasteiger partial charge in [-0.05, 0) is 31.7 Å². The first-order valence-electron chi connectivity index (χ1n) is 11.6. The van der Waals surface area contributed by atoms with Gasteiger partial charge in [-0.1, -0.05) is 0 Å². The Morgan fingerprint density at radius 2 is 2.12 bits per heavy atom. The van der Waals surface area contributed by atoms with Crippen molar-refractivity contribution in [2.24, 2.45) is 0 Å². The summed E-state index contributed by atoms with van der Waals surface area (Å²) in [5.74, 6) is 0.259. The number of nitrogens with one attached hydrogen (secondary N) is 1. The summed E-state index contributed by atoms with van der Waals surface area (Å²) in [6.07, 6.45) is 4.83. The molecule has 3 fully saturated rings. The van der Waals surface area contributed by atoms with Gasteiger partial charge >= 0.3 is 0 Å². The number of carbonyl (C=O) groups is 1. The lowest BCUT2D eigenvalue weighted by Gasteiger charge is -2.43. The van der Waals surface area contributed by atoms with Gasteiger partial charge in [-0.15, -0.1) is 0 Å². The Labute approximate surface area is 198 Å². The SMILES string of the molecule is CN(CC1CCCN1C(=O)[C@H](O)CO)S(=O)(=O)N1CCN(c2ncnc3[nH]ccc23)CC12CC2. The van der Waals surface area contributed by atoms with E-state index in [1.807, 2.05) is 12.3 Å². The molecule has 2 aromatic heterocycles. The van der Waals surface area contributed by atoms with Crippen molar-refractivity contribution < 1.29 is 23.4 Å². The van der Waals surface area contributed by atoms with Crippen LogP contribution in [-0.2, 0) is 15.0 Å². The van der Waals surface area contributed by atoms with E-state index in [0.29, 0.717) is 32.6 Å². The Hall–Kier alpha value is -2.32. The van der Waals surface area contributed by atoms with Gasteiger partial charge in [-0.2, -0.15) is 17.0 Å². The first-order valence-corrected chi connectivity index (χ1v) is 13.0. The number of anilines is 1. The van der Waals surface area contributed by atoms with Crippen LogP contribution in [0.5, 0.6) is 0 Å². The Morgan fingerprint density at radius 3 is 2.85 bits per heavy atom. The predicted octanol–water partition coefficient (Wildman–Crippen LogP) is -0.867. The van der Waals surface area contributed by atoms with Crippen LogP contribution in [0.15, 0.2) is 18.6 Å². The molecule has 34 heavy (non-hydrogen) atoms. The van der Waals surface area contributed by atoms with E-state index in [1.165, 1.54) is 15.5 Å². The number of H-pyrrole nitrogens is 1. The monoisotopic (exact) mass is 493 g/mol. The normalized spacial score (nSPS) is 23.8. The maximum atomic E-state index is 13.6. The number of nitrogens with zero attached hydrogens (tertiary/aromatic N) is 6. The maximum absolute atomic E-state index is 13.6. The largest absolute Gasteiger partial charge is 0.393 e. The molecule has 2 saturated heterocycles. The maximum Gasteiger partial charge on any atom is 0.282 e. The van der Waals surface area contributed by atoms with Crippen LogP contribution in [0.3, 0.4) is 0 Å². The molecule has 2 atom stereocenters. The minimum Gasteiger partial charge on any atom is -0.393 e. The van der Waals surface area contributed by atoms with Gasteiger partial charge in [0.2, 0.25) is 0 Å². The molecule has 1 amide bonds. The zero-order chi connectivity index (χ0) is 24.1. The van der Waals surface area contributed by atoms with Gasteiger partial charge in [0, 0.05) is 52.0 Å². The van der Waals surface area contributed by atoms with Crippen molar-refractivity contribution in [3.63, 3.8) is 0 Å². The standard InChI is InChI=1S/C21H31N7O5S/c1-25(11-15-3-2-8-27(15)20(31)17(30)12-29)34(32,33)28-10-9-26(13-21(28)5-6-21)19-16-4-7-22-18(16)23-14-24-19/h4,7,14-15,17,29-30H,2-3,5-6,8-13H2,1H3,(H,22,23,24)/t15?,17-/m1/s1. The molecule has 1 saturated carbocycles. The molecule has 0 aromatic carbocycles. The number of piperazine rings is 1. The van der Waals surface area contributed by atoms with Gasteiger partial charge in [-0.25, -0.2) is 9.97 Å². The van der Waals surface area contributed by atoms with Crippen LogP contribution >= 0.6 is 0 Å². The number of hydrogen-bond donors (Lipinski definition) is 3. The minimum atomic E-state index is -3.76. The average molecular weight is 494 g/mol. The highest BCUT2D eigenvalue weighted by molar-refractivity contribution is 7.86. The second-order valence-electron chi connectivity index (χ2n) is 9.47. The Kier molecular flexibility index (Phi) is 6.01. The van der Waals surface area contributed by atoms with Crippen LogP contribution in [-0.4, -0.2) is 117 Å². The molecule has 13 heteroatoms. The summed E-state index contributed by atoms with van der Waals surface area (Å²) in [6, 6.07) is 1.61. The molecule has 5 rings (SSSR count). The fourth-order valence-corrected chi connectivity index (χ4v) is 7.05. The lowest BCUT2D eigenvalue weighted by atomic mass is 10.2. The van der Waals surface area contributed by atoms with Gasteiger partial charge in [-0.3, -0.25) is 4.79 Å². The molecule has 12 nitrogen and oxygen atoms in total. The third-order valence-electron chi connectivity index (χ3n) is 7.31. The lowest BCUT2D eigenvalue weighted by Crippen LogP contribution is -2.60. The van der Waals surface area contributed by atoms with Crippen molar-refractivity contribution in [2.45, 2.75) is 43.4 Å². The van der Waals surface area contributed by atoms with Crippen LogP contribution in [0, 0.1) is 0 Å². The van der Waals surface area contributed by atoms with Crippen molar-refractivity contribution in [3.05, 3.63) is 18.6 Å². The molecule has 186 valence electrons. The number of carbonyl (C=O) groups excluding carboxylic acids is 1. The number of hydrogen-bond acceptors (Lipinski definition) is 8. The topological polar surface area (TPSA) is 146 Å². The summed E-state index contributed by atoms with van der Waals surface area (Å²) >= 11 is 0. The fourth-order valence-electron chi connectivity index (χ4n) is 5.31. The smallest absolute Gasteiger partial charge is 0.282 e. The Bertz CT molecular complexity index is 1170. The van der Waals surface area contributed by atoms with E-state index in [2.05, 4.69) is 19.9 Å². The summed E-state index contributed by atoms with van der Waals surface area (Å²) in [4.78, 5) is 27.8. The van der Waals surface area contributed by atoms with Crippen LogP contribution in [0.2, 0.25) is 0 Å². The summed E-state index contributed by atoms with van der Waals surface area (Å²) in [5.41, 5.74) is 0.295. The number of aliphatic hydroxyl groups is 2. The third-order valence-corrected chi connectivity index (χ3v) is 9.37. The van der Waals surface area contributed by atoms with E-state index in [0.717, 1.165) is 36.1 Å². The highest BCUT2D eigenvalue weighted by atomic mass is 32.2. The number of amides is 1. The van der Waals surface area contributed by atoms with E-state index in [1.54, 1.807) is 11.4 Å². The molecular formula is C21H31N7O5S. The fraction of sp³-hybridized carbons (Fsp3) is 0.667. The molecule has 1 aliphatic carbocycles. The van der Waals surface area contributed by atoms with Gasteiger partial charge in [0.25, 0.3) is 16.1 Å². The van der Waals surface area contributed by atoms with Crippen LogP contribution < -0.4 is 4.90 Å². The van der Waals surface area contributed by atoms with Crippen molar-refractivity contribution >= 4 is 33.0 Å². The first kappa shape index (κ1) is 23.4. The van der Waals surface area contributed by atoms with E-state index >= 15 is 0 Å². The zero-order valence-electron chi connectivity index (χ0n) is 19.2. The summed E-state index contributed by atoms with van der Waals surface area (Å²) < 4.78 is 30.2. The second-order valence-corrected chi connectivity index (χ2v) is 11.4. The van der Waals surface area contributed by atoms with Gasteiger partial charge < -0.3 is 25.0 Å². The van der Waals surface area contributed by atoms with E-state index < -0.39 is 34.4 Å².